The Hall–Kier alpha value is -2.08. The van der Waals surface area contributed by atoms with Crippen LogP contribution in [-0.2, 0) is 0 Å². The molecule has 6 heteroatoms. The summed E-state index contributed by atoms with van der Waals surface area (Å²) in [4.78, 5) is 15.2. The van der Waals surface area contributed by atoms with Gasteiger partial charge in [-0.1, -0.05) is 12.1 Å². The quantitative estimate of drug-likeness (QED) is 0.518. The van der Waals surface area contributed by atoms with Crippen molar-refractivity contribution in [3.8, 4) is 0 Å². The second-order valence-electron chi connectivity index (χ2n) is 3.48. The molecule has 2 rings (SSSR count). The first-order chi connectivity index (χ1) is 8.70. The third kappa shape index (κ3) is 2.78. The molecule has 0 aliphatic heterocycles. The van der Waals surface area contributed by atoms with Crippen molar-refractivity contribution in [3.05, 3.63) is 52.7 Å². The summed E-state index contributed by atoms with van der Waals surface area (Å²) in [7, 11) is 0. The fraction of sp³-hybridized carbons (Fsp3) is 0.0833. The van der Waals surface area contributed by atoms with Crippen molar-refractivity contribution in [2.24, 2.45) is 0 Å². The molecule has 0 saturated carbocycles. The predicted octanol–water partition coefficient (Wildman–Crippen LogP) is 3.46. The maximum Gasteiger partial charge on any atom is 0.287 e. The van der Waals surface area contributed by atoms with Crippen molar-refractivity contribution < 1.29 is 4.92 Å². The van der Waals surface area contributed by atoms with Crippen molar-refractivity contribution in [3.63, 3.8) is 0 Å². The second-order valence-corrected chi connectivity index (χ2v) is 4.33. The first kappa shape index (κ1) is 12.4. The molecule has 0 saturated heterocycles. The first-order valence-corrected chi connectivity index (χ1v) is 6.43. The van der Waals surface area contributed by atoms with Gasteiger partial charge in [0.2, 0.25) is 0 Å². The van der Waals surface area contributed by atoms with Crippen LogP contribution in [0.25, 0.3) is 0 Å². The molecule has 2 aromatic rings. The summed E-state index contributed by atoms with van der Waals surface area (Å²) in [5.74, 6) is 0.585. The molecule has 18 heavy (non-hydrogen) atoms. The zero-order valence-corrected chi connectivity index (χ0v) is 10.5. The highest BCUT2D eigenvalue weighted by molar-refractivity contribution is 7.98. The van der Waals surface area contributed by atoms with Crippen LogP contribution in [0.4, 0.5) is 17.2 Å². The number of rotatable bonds is 4. The molecule has 5 nitrogen and oxygen atoms in total. The molecule has 0 aliphatic rings. The monoisotopic (exact) mass is 261 g/mol. The first-order valence-electron chi connectivity index (χ1n) is 5.21. The Balaban J connectivity index is 2.21. The predicted molar refractivity (Wildman–Crippen MR) is 72.4 cm³/mol. The molecule has 1 N–H and O–H groups in total. The number of aromatic nitrogens is 1. The molecule has 0 radical (unpaired) electrons. The average molecular weight is 261 g/mol. The number of thioether (sulfide) groups is 1. The van der Waals surface area contributed by atoms with Gasteiger partial charge in [0.25, 0.3) is 5.69 Å². The molecule has 0 bridgehead atoms. The number of pyridine rings is 1. The standard InChI is InChI=1S/C12H11N3O2S/c1-18-11-5-3-2-4-10(11)14-12-7-6-9(8-13-12)15(16)17/h2-8H,1H3,(H,13,14). The van der Waals surface area contributed by atoms with E-state index in [0.717, 1.165) is 10.6 Å². The van der Waals surface area contributed by atoms with E-state index in [1.54, 1.807) is 17.8 Å². The Labute approximate surface area is 108 Å². The van der Waals surface area contributed by atoms with E-state index in [1.807, 2.05) is 30.5 Å². The van der Waals surface area contributed by atoms with Gasteiger partial charge in [0.05, 0.1) is 10.6 Å². The number of hydrogen-bond donors (Lipinski definition) is 1. The average Bonchev–Trinajstić information content (AvgIpc) is 2.40. The normalized spacial score (nSPS) is 10.1. The van der Waals surface area contributed by atoms with E-state index in [9.17, 15) is 10.1 Å². The number of nitrogens with zero attached hydrogens (tertiary/aromatic N) is 2. The Bertz CT molecular complexity index is 558. The smallest absolute Gasteiger partial charge is 0.287 e. The highest BCUT2D eigenvalue weighted by atomic mass is 32.2. The van der Waals surface area contributed by atoms with Crippen LogP contribution in [-0.4, -0.2) is 16.2 Å². The van der Waals surface area contributed by atoms with Gasteiger partial charge < -0.3 is 5.32 Å². The van der Waals surface area contributed by atoms with Crippen LogP contribution in [0.15, 0.2) is 47.5 Å². The summed E-state index contributed by atoms with van der Waals surface area (Å²) in [5.41, 5.74) is 0.921. The van der Waals surface area contributed by atoms with Crippen LogP contribution >= 0.6 is 11.8 Å². The van der Waals surface area contributed by atoms with Crippen LogP contribution in [0.1, 0.15) is 0 Å². The fourth-order valence-corrected chi connectivity index (χ4v) is 2.01. The van der Waals surface area contributed by atoms with Gasteiger partial charge in [-0.3, -0.25) is 10.1 Å². The van der Waals surface area contributed by atoms with Crippen LogP contribution in [0.3, 0.4) is 0 Å². The van der Waals surface area contributed by atoms with Gasteiger partial charge in [-0.2, -0.15) is 0 Å². The van der Waals surface area contributed by atoms with Crippen molar-refractivity contribution in [1.29, 1.82) is 0 Å². The molecule has 1 aromatic carbocycles. The summed E-state index contributed by atoms with van der Waals surface area (Å²) < 4.78 is 0. The maximum absolute atomic E-state index is 10.5. The van der Waals surface area contributed by atoms with Gasteiger partial charge in [-0.15, -0.1) is 11.8 Å². The Kier molecular flexibility index (Phi) is 3.78. The number of benzene rings is 1. The van der Waals surface area contributed by atoms with Gasteiger partial charge in [0.1, 0.15) is 12.0 Å². The van der Waals surface area contributed by atoms with Gasteiger partial charge in [-0.25, -0.2) is 4.98 Å². The highest BCUT2D eigenvalue weighted by Gasteiger charge is 2.06. The van der Waals surface area contributed by atoms with E-state index in [1.165, 1.54) is 12.3 Å². The zero-order valence-electron chi connectivity index (χ0n) is 9.66. The van der Waals surface area contributed by atoms with Gasteiger partial charge in [0, 0.05) is 11.0 Å². The van der Waals surface area contributed by atoms with Crippen LogP contribution in [0, 0.1) is 10.1 Å². The Morgan fingerprint density at radius 3 is 2.67 bits per heavy atom. The SMILES string of the molecule is CSc1ccccc1Nc1ccc([N+](=O)[O-])cn1. The minimum atomic E-state index is -0.466. The molecule has 1 heterocycles. The minimum Gasteiger partial charge on any atom is -0.339 e. The van der Waals surface area contributed by atoms with Crippen molar-refractivity contribution >= 4 is 29.0 Å². The molecule has 0 aliphatic carbocycles. The third-order valence-electron chi connectivity index (χ3n) is 2.33. The van der Waals surface area contributed by atoms with Gasteiger partial charge in [-0.05, 0) is 24.5 Å². The van der Waals surface area contributed by atoms with Crippen LogP contribution in [0.5, 0.6) is 0 Å². The highest BCUT2D eigenvalue weighted by Crippen LogP contribution is 2.27. The Morgan fingerprint density at radius 1 is 1.28 bits per heavy atom. The van der Waals surface area contributed by atoms with E-state index in [4.69, 9.17) is 0 Å². The summed E-state index contributed by atoms with van der Waals surface area (Å²) in [6.45, 7) is 0. The molecule has 0 fully saturated rings. The molecule has 92 valence electrons. The van der Waals surface area contributed by atoms with E-state index >= 15 is 0 Å². The maximum atomic E-state index is 10.5. The van der Waals surface area contributed by atoms with Crippen LogP contribution < -0.4 is 5.32 Å². The van der Waals surface area contributed by atoms with Crippen molar-refractivity contribution in [2.45, 2.75) is 4.90 Å². The topological polar surface area (TPSA) is 68.1 Å². The summed E-state index contributed by atoms with van der Waals surface area (Å²) in [6.07, 6.45) is 3.23. The number of hydrogen-bond acceptors (Lipinski definition) is 5. The fourth-order valence-electron chi connectivity index (χ4n) is 1.45. The number of nitro groups is 1. The minimum absolute atomic E-state index is 0.0151. The van der Waals surface area contributed by atoms with Gasteiger partial charge in [0.15, 0.2) is 0 Å². The Morgan fingerprint density at radius 2 is 2.06 bits per heavy atom. The molecular weight excluding hydrogens is 250 g/mol. The summed E-state index contributed by atoms with van der Waals surface area (Å²) in [6, 6.07) is 10.8. The number of anilines is 2. The van der Waals surface area contributed by atoms with Gasteiger partial charge >= 0.3 is 0 Å². The molecular formula is C12H11N3O2S. The van der Waals surface area contributed by atoms with E-state index in [-0.39, 0.29) is 5.69 Å². The van der Waals surface area contributed by atoms with E-state index < -0.39 is 4.92 Å². The number of para-hydroxylation sites is 1. The molecule has 0 atom stereocenters. The lowest BCUT2D eigenvalue weighted by Crippen LogP contribution is -1.96. The second kappa shape index (κ2) is 5.50. The van der Waals surface area contributed by atoms with Crippen LogP contribution in [0.2, 0.25) is 0 Å². The number of nitrogens with one attached hydrogen (secondary N) is 1. The molecule has 0 amide bonds. The lowest BCUT2D eigenvalue weighted by Gasteiger charge is -2.08. The zero-order chi connectivity index (χ0) is 13.0. The molecule has 0 unspecified atom stereocenters. The lowest BCUT2D eigenvalue weighted by molar-refractivity contribution is -0.385. The molecule has 1 aromatic heterocycles. The summed E-state index contributed by atoms with van der Waals surface area (Å²) in [5, 5.41) is 13.6. The van der Waals surface area contributed by atoms with Crippen molar-refractivity contribution in [2.75, 3.05) is 11.6 Å². The van der Waals surface area contributed by atoms with E-state index in [0.29, 0.717) is 5.82 Å². The largest absolute Gasteiger partial charge is 0.339 e. The van der Waals surface area contributed by atoms with E-state index in [2.05, 4.69) is 10.3 Å². The third-order valence-corrected chi connectivity index (χ3v) is 3.12. The lowest BCUT2D eigenvalue weighted by atomic mass is 10.3. The summed E-state index contributed by atoms with van der Waals surface area (Å²) >= 11 is 1.62. The van der Waals surface area contributed by atoms with Crippen molar-refractivity contribution in [1.82, 2.24) is 4.98 Å². The molecule has 0 spiro atoms.